The van der Waals surface area contributed by atoms with E-state index >= 15 is 0 Å². The fourth-order valence-corrected chi connectivity index (χ4v) is 2.52. The van der Waals surface area contributed by atoms with Crippen LogP contribution in [0.1, 0.15) is 0 Å². The molecule has 0 aromatic rings. The Morgan fingerprint density at radius 3 is 1.56 bits per heavy atom. The molecular weight excluding hydrogens is 443 g/mol. The summed E-state index contributed by atoms with van der Waals surface area (Å²) in [5.74, 6) is 0. The Balaban J connectivity index is 2.18. The molecule has 8 heteroatoms. The topological polar surface area (TPSA) is 54.6 Å². The molecule has 16 heavy (non-hydrogen) atoms. The first-order chi connectivity index (χ1) is 7.79. The third-order valence-corrected chi connectivity index (χ3v) is 3.87. The molecule has 1 aliphatic rings. The van der Waals surface area contributed by atoms with Gasteiger partial charge in [0.2, 0.25) is 0 Å². The van der Waals surface area contributed by atoms with Crippen LogP contribution in [-0.4, -0.2) is 85.6 Å². The van der Waals surface area contributed by atoms with Crippen molar-refractivity contribution in [2.24, 2.45) is 0 Å². The van der Waals surface area contributed by atoms with Crippen molar-refractivity contribution in [1.29, 1.82) is 0 Å². The van der Waals surface area contributed by atoms with E-state index in [-0.39, 0.29) is 0 Å². The van der Waals surface area contributed by atoms with Crippen LogP contribution in [0.2, 0.25) is 0 Å². The van der Waals surface area contributed by atoms with E-state index in [1.54, 1.807) is 0 Å². The zero-order chi connectivity index (χ0) is 11.6. The fourth-order valence-electron chi connectivity index (χ4n) is 1.30. The van der Waals surface area contributed by atoms with Gasteiger partial charge in [-0.25, -0.2) is 0 Å². The number of nitrogens with one attached hydrogen (secondary N) is 4. The Kier molecular flexibility index (Phi) is 9.65. The summed E-state index contributed by atoms with van der Waals surface area (Å²) >= 11 is 5.74. The van der Waals surface area contributed by atoms with Crippen LogP contribution >= 0.6 is 0 Å². The average Bonchev–Trinajstić information content (AvgIpc) is 2.27. The van der Waals surface area contributed by atoms with Crippen molar-refractivity contribution in [3.05, 3.63) is 0 Å². The van der Waals surface area contributed by atoms with Crippen molar-refractivity contribution in [2.75, 3.05) is 52.9 Å². The molecule has 0 spiro atoms. The second-order valence-corrected chi connectivity index (χ2v) is 7.11. The molecule has 6 nitrogen and oxygen atoms in total. The first-order valence-electron chi connectivity index (χ1n) is 5.49. The van der Waals surface area contributed by atoms with Gasteiger partial charge in [-0.3, -0.25) is 0 Å². The second kappa shape index (κ2) is 10.1. The molecule has 0 bridgehead atoms. The molecule has 0 unspecified atom stereocenters. The van der Waals surface area contributed by atoms with Crippen LogP contribution in [0.4, 0.5) is 0 Å². The molecule has 1 fully saturated rings. The molecule has 1 saturated heterocycles. The molecule has 0 aromatic heterocycles. The maximum absolute atomic E-state index is 4.86. The van der Waals surface area contributed by atoms with Gasteiger partial charge in [0.1, 0.15) is 0 Å². The summed E-state index contributed by atoms with van der Waals surface area (Å²) in [5, 5.41) is 13.4. The summed E-state index contributed by atoms with van der Waals surface area (Å²) in [6, 6.07) is 0. The fraction of sp³-hybridized carbons (Fsp3) is 1.00. The summed E-state index contributed by atoms with van der Waals surface area (Å²) in [6.45, 7) is 7.41. The molecule has 0 aliphatic carbocycles. The average molecular weight is 463 g/mol. The number of hydrogen-bond acceptors (Lipinski definition) is 6. The third kappa shape index (κ3) is 8.29. The third-order valence-electron chi connectivity index (χ3n) is 2.13. The monoisotopic (exact) mass is 463 g/mol. The van der Waals surface area contributed by atoms with Gasteiger partial charge < -0.3 is 0 Å². The zero-order valence-corrected chi connectivity index (χ0v) is 14.9. The molecule has 95 valence electrons. The zero-order valence-electron chi connectivity index (χ0n) is 9.44. The molecule has 4 N–H and O–H groups in total. The number of nitrogens with zero attached hydrogens (tertiary/aromatic N) is 2. The second-order valence-electron chi connectivity index (χ2n) is 3.64. The van der Waals surface area contributed by atoms with Gasteiger partial charge in [-0.05, 0) is 0 Å². The summed E-state index contributed by atoms with van der Waals surface area (Å²) in [6.07, 6.45) is 0. The Morgan fingerprint density at radius 2 is 1.12 bits per heavy atom. The predicted molar refractivity (Wildman–Crippen MR) is 60.9 cm³/mol. The molecule has 1 aliphatic heterocycles. The van der Waals surface area contributed by atoms with Gasteiger partial charge in [-0.1, -0.05) is 0 Å². The van der Waals surface area contributed by atoms with Crippen LogP contribution in [0, 0.1) is 0 Å². The van der Waals surface area contributed by atoms with Crippen molar-refractivity contribution < 1.29 is 15.7 Å². The van der Waals surface area contributed by atoms with E-state index in [4.69, 9.17) is 15.7 Å². The van der Waals surface area contributed by atoms with Gasteiger partial charge >= 0.3 is 123 Å². The van der Waals surface area contributed by atoms with Crippen molar-refractivity contribution in [3.8, 4) is 0 Å². The molecule has 1 heterocycles. The molecule has 0 radical (unpaired) electrons. The van der Waals surface area contributed by atoms with Crippen LogP contribution in [0.25, 0.3) is 0 Å². The molecular formula is C8H20N6NiTl. The Labute approximate surface area is 122 Å². The van der Waals surface area contributed by atoms with Gasteiger partial charge in [0.05, 0.1) is 0 Å². The quantitative estimate of drug-likeness (QED) is 0.295. The first kappa shape index (κ1) is 15.2. The van der Waals surface area contributed by atoms with E-state index in [2.05, 4.69) is 24.0 Å². The number of hydrogen-bond donors (Lipinski definition) is 4. The normalized spacial score (nSPS) is 25.1. The van der Waals surface area contributed by atoms with E-state index in [0.29, 0.717) is 0 Å². The number of rotatable bonds is 0. The Hall–Kier alpha value is 1.18. The standard InChI is InChI=1S/C8H20N6.Ni.Tl/c1-2-10-6-14-8-12-4-3-11-7-13-5-9-1;;/h9-12H,1-8H2;;/q-2;2*+1. The predicted octanol–water partition coefficient (Wildman–Crippen LogP) is -2.66. The van der Waals surface area contributed by atoms with Crippen LogP contribution in [0.5, 0.6) is 0 Å². The molecule has 0 atom stereocenters. The van der Waals surface area contributed by atoms with Crippen LogP contribution in [-0.2, 0) is 15.7 Å². The molecule has 1 rings (SSSR count). The van der Waals surface area contributed by atoms with Gasteiger partial charge in [-0.15, -0.1) is 0 Å². The van der Waals surface area contributed by atoms with Crippen molar-refractivity contribution in [1.82, 2.24) is 28.0 Å². The maximum atomic E-state index is 4.86. The van der Waals surface area contributed by atoms with E-state index in [0.717, 1.165) is 78.9 Å². The summed E-state index contributed by atoms with van der Waals surface area (Å²) in [4.78, 5) is 0. The van der Waals surface area contributed by atoms with Gasteiger partial charge in [0, 0.05) is 0 Å². The molecule has 0 aromatic carbocycles. The van der Waals surface area contributed by atoms with Crippen LogP contribution < -0.4 is 21.3 Å². The Morgan fingerprint density at radius 1 is 0.750 bits per heavy atom. The van der Waals surface area contributed by atoms with Gasteiger partial charge in [0.15, 0.2) is 0 Å². The first-order valence-corrected chi connectivity index (χ1v) is 7.94. The van der Waals surface area contributed by atoms with E-state index in [1.807, 2.05) is 3.98 Å². The molecule has 0 amide bonds. The minimum absolute atomic E-state index is 0.772. The summed E-state index contributed by atoms with van der Waals surface area (Å²) in [7, 11) is 0. The minimum atomic E-state index is 0.772. The summed E-state index contributed by atoms with van der Waals surface area (Å²) < 4.78 is 4.25. The van der Waals surface area contributed by atoms with Crippen LogP contribution in [0.3, 0.4) is 0 Å². The van der Waals surface area contributed by atoms with E-state index in [1.165, 1.54) is 0 Å². The Bertz CT molecular complexity index is 141. The van der Waals surface area contributed by atoms with Gasteiger partial charge in [0.25, 0.3) is 0 Å². The summed E-state index contributed by atoms with van der Waals surface area (Å²) in [5.41, 5.74) is 0. The van der Waals surface area contributed by atoms with E-state index in [9.17, 15) is 0 Å². The van der Waals surface area contributed by atoms with Crippen molar-refractivity contribution >= 4 is 26.1 Å². The van der Waals surface area contributed by atoms with Gasteiger partial charge in [-0.2, -0.15) is 0 Å². The molecule has 0 saturated carbocycles. The van der Waals surface area contributed by atoms with Crippen LogP contribution in [0.15, 0.2) is 0 Å². The van der Waals surface area contributed by atoms with Crippen molar-refractivity contribution in [2.45, 2.75) is 0 Å². The SMILES string of the molecule is [Ni][N]1CNCCNC[N]([Tl])CNCCNC1. The van der Waals surface area contributed by atoms with E-state index < -0.39 is 0 Å². The van der Waals surface area contributed by atoms with Crippen molar-refractivity contribution in [3.63, 3.8) is 0 Å².